The molecule has 1 aliphatic rings. The molecular formula is C22H35IN6OS. The molecule has 1 aromatic heterocycles. The molecular weight excluding hydrogens is 523 g/mol. The van der Waals surface area contributed by atoms with E-state index in [9.17, 15) is 0 Å². The average molecular weight is 559 g/mol. The average Bonchev–Trinajstić information content (AvgIpc) is 3.43. The van der Waals surface area contributed by atoms with Crippen molar-refractivity contribution in [1.82, 2.24) is 25.4 Å². The second-order valence-electron chi connectivity index (χ2n) is 7.41. The molecule has 0 unspecified atom stereocenters. The van der Waals surface area contributed by atoms with Crippen LogP contribution in [0.5, 0.6) is 5.75 Å². The zero-order chi connectivity index (χ0) is 21.2. The Morgan fingerprint density at radius 3 is 2.71 bits per heavy atom. The van der Waals surface area contributed by atoms with Gasteiger partial charge in [0.15, 0.2) is 11.1 Å². The van der Waals surface area contributed by atoms with Crippen LogP contribution in [0.4, 0.5) is 0 Å². The first-order chi connectivity index (χ1) is 14.8. The molecule has 1 aromatic carbocycles. The highest BCUT2D eigenvalue weighted by Crippen LogP contribution is 2.33. The molecule has 1 fully saturated rings. The number of thioether (sulfide) groups is 1. The molecule has 2 N–H and O–H groups in total. The fourth-order valence-corrected chi connectivity index (χ4v) is 4.52. The van der Waals surface area contributed by atoms with E-state index in [0.29, 0.717) is 19.2 Å². The number of nitrogens with one attached hydrogen (secondary N) is 2. The summed E-state index contributed by atoms with van der Waals surface area (Å²) in [4.78, 5) is 4.34. The minimum atomic E-state index is 0. The van der Waals surface area contributed by atoms with Gasteiger partial charge in [-0.3, -0.25) is 4.99 Å². The van der Waals surface area contributed by atoms with Gasteiger partial charge in [-0.25, -0.2) is 0 Å². The first kappa shape index (κ1) is 25.8. The van der Waals surface area contributed by atoms with Crippen LogP contribution in [0.1, 0.15) is 56.5 Å². The zero-order valence-corrected chi connectivity index (χ0v) is 21.9. The molecule has 2 aromatic rings. The van der Waals surface area contributed by atoms with Crippen molar-refractivity contribution in [2.24, 2.45) is 4.99 Å². The minimum absolute atomic E-state index is 0. The van der Waals surface area contributed by atoms with Gasteiger partial charge in [-0.15, -0.1) is 34.2 Å². The number of guanidine groups is 1. The van der Waals surface area contributed by atoms with Crippen LogP contribution in [0.15, 0.2) is 34.4 Å². The van der Waals surface area contributed by atoms with E-state index in [4.69, 9.17) is 4.74 Å². The number of hydrogen-bond donors (Lipinski definition) is 2. The Balaban J connectivity index is 0.00000341. The van der Waals surface area contributed by atoms with Gasteiger partial charge in [-0.05, 0) is 38.5 Å². The summed E-state index contributed by atoms with van der Waals surface area (Å²) in [5, 5.41) is 16.7. The number of ether oxygens (including phenoxy) is 1. The minimum Gasteiger partial charge on any atom is -0.494 e. The second kappa shape index (κ2) is 13.8. The quantitative estimate of drug-likeness (QED) is 0.148. The van der Waals surface area contributed by atoms with Crippen LogP contribution in [-0.2, 0) is 13.0 Å². The molecule has 1 aliphatic carbocycles. The number of aromatic nitrogens is 3. The number of aliphatic imine (C=N–C) groups is 1. The lowest BCUT2D eigenvalue weighted by Gasteiger charge is -2.17. The van der Waals surface area contributed by atoms with Gasteiger partial charge in [0, 0.05) is 38.2 Å². The van der Waals surface area contributed by atoms with Crippen molar-refractivity contribution in [3.63, 3.8) is 0 Å². The van der Waals surface area contributed by atoms with Crippen molar-refractivity contribution in [3.8, 4) is 5.75 Å². The van der Waals surface area contributed by atoms with Crippen molar-refractivity contribution in [3.05, 3.63) is 35.7 Å². The molecule has 0 atom stereocenters. The van der Waals surface area contributed by atoms with Crippen molar-refractivity contribution in [2.75, 3.05) is 26.5 Å². The standard InChI is InChI=1S/C22H34N6OS.HI/c1-4-29-19-13-8-5-10-17(19)16-25-21(23-2)24-15-9-14-20-26-27-22(30-3)28(20)18-11-6-7-12-18;/h5,8,10,13,18H,4,6-7,9,11-12,14-16H2,1-3H3,(H2,23,24,25);1H. The van der Waals surface area contributed by atoms with E-state index in [0.717, 1.165) is 47.6 Å². The van der Waals surface area contributed by atoms with Crippen LogP contribution in [0.25, 0.3) is 0 Å². The van der Waals surface area contributed by atoms with Crippen LogP contribution in [0.3, 0.4) is 0 Å². The van der Waals surface area contributed by atoms with Gasteiger partial charge in [0.25, 0.3) is 0 Å². The maximum atomic E-state index is 5.70. The lowest BCUT2D eigenvalue weighted by atomic mass is 10.2. The smallest absolute Gasteiger partial charge is 0.191 e. The first-order valence-corrected chi connectivity index (χ1v) is 12.1. The SMILES string of the molecule is CCOc1ccccc1CNC(=NC)NCCCc1nnc(SC)n1C1CCCC1.I. The van der Waals surface area contributed by atoms with E-state index >= 15 is 0 Å². The van der Waals surface area contributed by atoms with Gasteiger partial charge in [0.2, 0.25) is 0 Å². The van der Waals surface area contributed by atoms with Crippen molar-refractivity contribution in [2.45, 2.75) is 63.2 Å². The van der Waals surface area contributed by atoms with Crippen LogP contribution >= 0.6 is 35.7 Å². The van der Waals surface area contributed by atoms with E-state index in [2.05, 4.69) is 42.7 Å². The van der Waals surface area contributed by atoms with Gasteiger partial charge in [0.1, 0.15) is 11.6 Å². The van der Waals surface area contributed by atoms with Gasteiger partial charge in [0.05, 0.1) is 6.61 Å². The van der Waals surface area contributed by atoms with Crippen molar-refractivity contribution < 1.29 is 4.74 Å². The predicted molar refractivity (Wildman–Crippen MR) is 139 cm³/mol. The molecule has 0 spiro atoms. The molecule has 0 saturated heterocycles. The molecule has 1 heterocycles. The lowest BCUT2D eigenvalue weighted by Crippen LogP contribution is -2.37. The molecule has 3 rings (SSSR count). The van der Waals surface area contributed by atoms with Crippen LogP contribution < -0.4 is 15.4 Å². The maximum Gasteiger partial charge on any atom is 0.191 e. The van der Waals surface area contributed by atoms with E-state index in [1.54, 1.807) is 18.8 Å². The molecule has 7 nitrogen and oxygen atoms in total. The van der Waals surface area contributed by atoms with Crippen LogP contribution in [-0.4, -0.2) is 47.2 Å². The third kappa shape index (κ3) is 7.27. The zero-order valence-electron chi connectivity index (χ0n) is 18.8. The second-order valence-corrected chi connectivity index (χ2v) is 8.18. The Labute approximate surface area is 207 Å². The Morgan fingerprint density at radius 1 is 1.23 bits per heavy atom. The van der Waals surface area contributed by atoms with E-state index in [-0.39, 0.29) is 24.0 Å². The van der Waals surface area contributed by atoms with Crippen molar-refractivity contribution >= 4 is 41.7 Å². The molecule has 0 amide bonds. The third-order valence-electron chi connectivity index (χ3n) is 5.42. The number of halogens is 1. The number of rotatable bonds is 10. The van der Waals surface area contributed by atoms with Gasteiger partial charge in [-0.2, -0.15) is 0 Å². The summed E-state index contributed by atoms with van der Waals surface area (Å²) in [6.07, 6.45) is 9.10. The van der Waals surface area contributed by atoms with Crippen LogP contribution in [0.2, 0.25) is 0 Å². The fraction of sp³-hybridized carbons (Fsp3) is 0.591. The molecule has 1 saturated carbocycles. The third-order valence-corrected chi connectivity index (χ3v) is 6.06. The molecule has 172 valence electrons. The van der Waals surface area contributed by atoms with E-state index in [1.165, 1.54) is 25.7 Å². The first-order valence-electron chi connectivity index (χ1n) is 10.9. The molecule has 31 heavy (non-hydrogen) atoms. The summed E-state index contributed by atoms with van der Waals surface area (Å²) < 4.78 is 8.08. The molecule has 0 radical (unpaired) electrons. The summed E-state index contributed by atoms with van der Waals surface area (Å²) in [5.74, 6) is 2.82. The largest absolute Gasteiger partial charge is 0.494 e. The molecule has 9 heteroatoms. The van der Waals surface area contributed by atoms with Crippen LogP contribution in [0, 0.1) is 0 Å². The highest BCUT2D eigenvalue weighted by molar-refractivity contribution is 14.0. The summed E-state index contributed by atoms with van der Waals surface area (Å²) in [5.41, 5.74) is 1.12. The number of hydrogen-bond acceptors (Lipinski definition) is 5. The monoisotopic (exact) mass is 558 g/mol. The van der Waals surface area contributed by atoms with E-state index in [1.807, 2.05) is 25.1 Å². The van der Waals surface area contributed by atoms with E-state index < -0.39 is 0 Å². The Bertz CT molecular complexity index is 822. The summed E-state index contributed by atoms with van der Waals surface area (Å²) >= 11 is 1.69. The van der Waals surface area contributed by atoms with Gasteiger partial charge < -0.3 is 19.9 Å². The fourth-order valence-electron chi connectivity index (χ4n) is 3.95. The number of para-hydroxylation sites is 1. The highest BCUT2D eigenvalue weighted by atomic mass is 127. The van der Waals surface area contributed by atoms with Crippen molar-refractivity contribution in [1.29, 1.82) is 0 Å². The Kier molecular flexibility index (Phi) is 11.5. The lowest BCUT2D eigenvalue weighted by molar-refractivity contribution is 0.336. The summed E-state index contributed by atoms with van der Waals surface area (Å²) in [6.45, 7) is 4.16. The topological polar surface area (TPSA) is 76.4 Å². The normalized spacial score (nSPS) is 14.4. The highest BCUT2D eigenvalue weighted by Gasteiger charge is 2.23. The number of benzene rings is 1. The maximum absolute atomic E-state index is 5.70. The molecule has 0 bridgehead atoms. The molecule has 0 aliphatic heterocycles. The number of aryl methyl sites for hydroxylation is 1. The summed E-state index contributed by atoms with van der Waals surface area (Å²) in [6, 6.07) is 8.67. The predicted octanol–water partition coefficient (Wildman–Crippen LogP) is 4.43. The van der Waals surface area contributed by atoms with Gasteiger partial charge >= 0.3 is 0 Å². The summed E-state index contributed by atoms with van der Waals surface area (Å²) in [7, 11) is 1.80. The number of nitrogens with zero attached hydrogens (tertiary/aromatic N) is 4. The Hall–Kier alpha value is -1.49. The van der Waals surface area contributed by atoms with Gasteiger partial charge in [-0.1, -0.05) is 42.8 Å². The Morgan fingerprint density at radius 2 is 2.00 bits per heavy atom.